The third-order valence-electron chi connectivity index (χ3n) is 2.11. The van der Waals surface area contributed by atoms with Crippen LogP contribution in [0.1, 0.15) is 22.7 Å². The van der Waals surface area contributed by atoms with Crippen molar-refractivity contribution in [1.82, 2.24) is 5.32 Å². The van der Waals surface area contributed by atoms with Crippen molar-refractivity contribution in [3.05, 3.63) is 23.7 Å². The number of aliphatic carboxylic acids is 1. The third kappa shape index (κ3) is 3.58. The molecule has 0 aliphatic rings. The number of aliphatic hydroxyl groups excluding tert-OH is 1. The zero-order valence-electron chi connectivity index (χ0n) is 9.05. The molecule has 0 unspecified atom stereocenters. The molecule has 0 aliphatic carbocycles. The van der Waals surface area contributed by atoms with Gasteiger partial charge in [0.05, 0.1) is 6.54 Å². The summed E-state index contributed by atoms with van der Waals surface area (Å²) >= 11 is 0. The van der Waals surface area contributed by atoms with E-state index >= 15 is 0 Å². The number of amides is 1. The van der Waals surface area contributed by atoms with E-state index in [1.165, 1.54) is 12.1 Å². The van der Waals surface area contributed by atoms with Crippen molar-refractivity contribution in [3.8, 4) is 0 Å². The average molecular weight is 242 g/mol. The summed E-state index contributed by atoms with van der Waals surface area (Å²) in [4.78, 5) is 22.3. The highest BCUT2D eigenvalue weighted by atomic mass is 16.4. The maximum atomic E-state index is 11.6. The van der Waals surface area contributed by atoms with Gasteiger partial charge in [-0.15, -0.1) is 0 Å². The summed E-state index contributed by atoms with van der Waals surface area (Å²) in [5.74, 6) is -1.43. The zero-order chi connectivity index (χ0) is 12.8. The minimum atomic E-state index is -1.21. The number of furan rings is 1. The van der Waals surface area contributed by atoms with E-state index in [2.05, 4.69) is 5.32 Å². The molecule has 1 aromatic heterocycles. The van der Waals surface area contributed by atoms with Crippen LogP contribution in [0.3, 0.4) is 0 Å². The number of carbonyl (C=O) groups excluding carboxylic acids is 1. The Bertz CT molecular complexity index is 401. The number of hydrogen-bond acceptors (Lipinski definition) is 5. The summed E-state index contributed by atoms with van der Waals surface area (Å²) in [5.41, 5.74) is 5.31. The van der Waals surface area contributed by atoms with Crippen molar-refractivity contribution >= 4 is 11.9 Å². The minimum absolute atomic E-state index is 0.00496. The quantitative estimate of drug-likeness (QED) is 0.522. The number of hydrogen-bond donors (Lipinski definition) is 4. The number of nitrogens with two attached hydrogens (primary N) is 1. The molecule has 1 amide bonds. The van der Waals surface area contributed by atoms with Crippen molar-refractivity contribution in [2.45, 2.75) is 19.0 Å². The monoisotopic (exact) mass is 242 g/mol. The average Bonchev–Trinajstić information content (AvgIpc) is 2.76. The molecule has 1 heterocycles. The number of carboxylic acid groups (broad SMARTS) is 1. The Kier molecular flexibility index (Phi) is 4.68. The van der Waals surface area contributed by atoms with Crippen LogP contribution in [0.5, 0.6) is 0 Å². The van der Waals surface area contributed by atoms with Crippen molar-refractivity contribution in [1.29, 1.82) is 0 Å². The van der Waals surface area contributed by atoms with Crippen LogP contribution in [0.25, 0.3) is 0 Å². The Morgan fingerprint density at radius 2 is 2.18 bits per heavy atom. The Hall–Kier alpha value is -1.86. The SMILES string of the molecule is NCc1ccc(C(=O)N[C@@H](CCO)C(=O)O)o1. The molecule has 0 spiro atoms. The molecule has 17 heavy (non-hydrogen) atoms. The molecule has 0 aromatic carbocycles. The van der Waals surface area contributed by atoms with Gasteiger partial charge in [0.25, 0.3) is 5.91 Å². The molecule has 0 saturated heterocycles. The summed E-state index contributed by atoms with van der Waals surface area (Å²) in [6, 6.07) is 1.81. The molecule has 1 rings (SSSR count). The molecular weight excluding hydrogens is 228 g/mol. The molecule has 5 N–H and O–H groups in total. The van der Waals surface area contributed by atoms with Crippen molar-refractivity contribution < 1.29 is 24.2 Å². The molecule has 0 radical (unpaired) electrons. The van der Waals surface area contributed by atoms with E-state index in [0.29, 0.717) is 5.76 Å². The highest BCUT2D eigenvalue weighted by molar-refractivity contribution is 5.94. The maximum absolute atomic E-state index is 11.6. The summed E-state index contributed by atoms with van der Waals surface area (Å²) in [6.45, 7) is -0.171. The van der Waals surface area contributed by atoms with Gasteiger partial charge in [-0.3, -0.25) is 4.79 Å². The number of carboxylic acids is 1. The number of carbonyl (C=O) groups is 2. The Morgan fingerprint density at radius 1 is 1.47 bits per heavy atom. The summed E-state index contributed by atoms with van der Waals surface area (Å²) in [6.07, 6.45) is -0.0640. The molecule has 0 bridgehead atoms. The van der Waals surface area contributed by atoms with E-state index in [1.807, 2.05) is 0 Å². The normalized spacial score (nSPS) is 12.1. The second-order valence-electron chi connectivity index (χ2n) is 3.35. The van der Waals surface area contributed by atoms with Gasteiger partial charge in [0.1, 0.15) is 11.8 Å². The molecular formula is C10H14N2O5. The van der Waals surface area contributed by atoms with Crippen LogP contribution < -0.4 is 11.1 Å². The molecule has 7 heteroatoms. The molecule has 1 aromatic rings. The second kappa shape index (κ2) is 6.02. The molecule has 0 saturated carbocycles. The molecule has 0 fully saturated rings. The van der Waals surface area contributed by atoms with E-state index in [-0.39, 0.29) is 25.3 Å². The zero-order valence-corrected chi connectivity index (χ0v) is 9.05. The van der Waals surface area contributed by atoms with Gasteiger partial charge in [0.15, 0.2) is 5.76 Å². The van der Waals surface area contributed by atoms with Crippen molar-refractivity contribution in [2.24, 2.45) is 5.73 Å². The number of aliphatic hydroxyl groups is 1. The van der Waals surface area contributed by atoms with Gasteiger partial charge in [0.2, 0.25) is 0 Å². The van der Waals surface area contributed by atoms with E-state index in [9.17, 15) is 9.59 Å². The second-order valence-corrected chi connectivity index (χ2v) is 3.35. The molecule has 0 aliphatic heterocycles. The number of rotatable bonds is 6. The van der Waals surface area contributed by atoms with Gasteiger partial charge in [-0.05, 0) is 12.1 Å². The van der Waals surface area contributed by atoms with Gasteiger partial charge in [0, 0.05) is 13.0 Å². The highest BCUT2D eigenvalue weighted by Crippen LogP contribution is 2.07. The van der Waals surface area contributed by atoms with Crippen LogP contribution in [-0.4, -0.2) is 34.7 Å². The lowest BCUT2D eigenvalue weighted by Gasteiger charge is -2.11. The largest absolute Gasteiger partial charge is 0.480 e. The summed E-state index contributed by atoms with van der Waals surface area (Å²) in [5, 5.41) is 19.7. The third-order valence-corrected chi connectivity index (χ3v) is 2.11. The van der Waals surface area contributed by atoms with Crippen LogP contribution in [0.2, 0.25) is 0 Å². The Balaban J connectivity index is 2.66. The van der Waals surface area contributed by atoms with E-state index in [1.54, 1.807) is 0 Å². The van der Waals surface area contributed by atoms with Crippen LogP contribution in [0, 0.1) is 0 Å². The van der Waals surface area contributed by atoms with Gasteiger partial charge in [-0.25, -0.2) is 4.79 Å². The first-order valence-corrected chi connectivity index (χ1v) is 5.01. The van der Waals surface area contributed by atoms with Gasteiger partial charge >= 0.3 is 5.97 Å². The lowest BCUT2D eigenvalue weighted by molar-refractivity contribution is -0.139. The maximum Gasteiger partial charge on any atom is 0.326 e. The van der Waals surface area contributed by atoms with Gasteiger partial charge in [-0.1, -0.05) is 0 Å². The van der Waals surface area contributed by atoms with Gasteiger partial charge in [-0.2, -0.15) is 0 Å². The van der Waals surface area contributed by atoms with Crippen LogP contribution >= 0.6 is 0 Å². The lowest BCUT2D eigenvalue weighted by Crippen LogP contribution is -2.41. The molecule has 1 atom stereocenters. The van der Waals surface area contributed by atoms with E-state index in [4.69, 9.17) is 20.4 Å². The smallest absolute Gasteiger partial charge is 0.326 e. The van der Waals surface area contributed by atoms with Crippen LogP contribution in [-0.2, 0) is 11.3 Å². The van der Waals surface area contributed by atoms with Crippen LogP contribution in [0.4, 0.5) is 0 Å². The predicted octanol–water partition coefficient (Wildman–Crippen LogP) is -0.696. The summed E-state index contributed by atoms with van der Waals surface area (Å²) in [7, 11) is 0. The first kappa shape index (κ1) is 13.2. The topological polar surface area (TPSA) is 126 Å². The highest BCUT2D eigenvalue weighted by Gasteiger charge is 2.21. The standard InChI is InChI=1S/C10H14N2O5/c11-5-6-1-2-8(17-6)9(14)12-7(3-4-13)10(15)16/h1-2,7,13H,3-5,11H2,(H,12,14)(H,15,16)/t7-/m0/s1. The fraction of sp³-hybridized carbons (Fsp3) is 0.400. The van der Waals surface area contributed by atoms with E-state index < -0.39 is 17.9 Å². The first-order valence-electron chi connectivity index (χ1n) is 5.01. The minimum Gasteiger partial charge on any atom is -0.480 e. The van der Waals surface area contributed by atoms with Crippen molar-refractivity contribution in [2.75, 3.05) is 6.61 Å². The van der Waals surface area contributed by atoms with Crippen molar-refractivity contribution in [3.63, 3.8) is 0 Å². The lowest BCUT2D eigenvalue weighted by atomic mass is 10.2. The summed E-state index contributed by atoms with van der Waals surface area (Å²) < 4.78 is 5.06. The fourth-order valence-corrected chi connectivity index (χ4v) is 1.23. The number of nitrogens with one attached hydrogen (secondary N) is 1. The van der Waals surface area contributed by atoms with E-state index in [0.717, 1.165) is 0 Å². The Labute approximate surface area is 97.2 Å². The van der Waals surface area contributed by atoms with Gasteiger partial charge < -0.3 is 25.7 Å². The predicted molar refractivity (Wildman–Crippen MR) is 57.2 cm³/mol. The first-order chi connectivity index (χ1) is 8.08. The molecule has 7 nitrogen and oxygen atoms in total. The Morgan fingerprint density at radius 3 is 2.65 bits per heavy atom. The fourth-order valence-electron chi connectivity index (χ4n) is 1.23. The molecule has 94 valence electrons. The van der Waals surface area contributed by atoms with Crippen LogP contribution in [0.15, 0.2) is 16.5 Å².